The van der Waals surface area contributed by atoms with Gasteiger partial charge in [0.2, 0.25) is 5.91 Å². The molecule has 0 radical (unpaired) electrons. The van der Waals surface area contributed by atoms with Crippen LogP contribution in [0, 0.1) is 5.92 Å². The zero-order chi connectivity index (χ0) is 14.7. The summed E-state index contributed by atoms with van der Waals surface area (Å²) >= 11 is 0. The summed E-state index contributed by atoms with van der Waals surface area (Å²) in [6, 6.07) is 10.1. The van der Waals surface area contributed by atoms with Crippen molar-refractivity contribution >= 4 is 5.91 Å². The van der Waals surface area contributed by atoms with Gasteiger partial charge in [0.25, 0.3) is 0 Å². The molecule has 0 aromatic heterocycles. The van der Waals surface area contributed by atoms with Gasteiger partial charge in [-0.15, -0.1) is 0 Å². The summed E-state index contributed by atoms with van der Waals surface area (Å²) in [6.07, 6.45) is 3.87. The minimum absolute atomic E-state index is 0.0169. The van der Waals surface area contributed by atoms with Gasteiger partial charge in [-0.3, -0.25) is 4.79 Å². The topological polar surface area (TPSA) is 23.6 Å². The zero-order valence-corrected chi connectivity index (χ0v) is 13.0. The summed E-state index contributed by atoms with van der Waals surface area (Å²) in [5.74, 6) is 0.955. The maximum absolute atomic E-state index is 12.6. The van der Waals surface area contributed by atoms with Crippen LogP contribution in [0.5, 0.6) is 0 Å². The molecule has 114 valence electrons. The molecule has 2 heterocycles. The highest BCUT2D eigenvalue weighted by Crippen LogP contribution is 2.24. The monoisotopic (exact) mass is 286 g/mol. The number of amides is 1. The van der Waals surface area contributed by atoms with E-state index in [2.05, 4.69) is 21.9 Å². The molecule has 3 nitrogen and oxygen atoms in total. The Kier molecular flexibility index (Phi) is 4.59. The predicted octanol–water partition coefficient (Wildman–Crippen LogP) is 2.73. The quantitative estimate of drug-likeness (QED) is 0.849. The van der Waals surface area contributed by atoms with Crippen molar-refractivity contribution in [1.29, 1.82) is 0 Å². The van der Waals surface area contributed by atoms with Crippen LogP contribution in [0.4, 0.5) is 0 Å². The molecule has 2 fully saturated rings. The first kappa shape index (κ1) is 14.6. The smallest absolute Gasteiger partial charge is 0.229 e. The van der Waals surface area contributed by atoms with E-state index in [0.717, 1.165) is 18.7 Å². The van der Waals surface area contributed by atoms with Crippen molar-refractivity contribution in [3.05, 3.63) is 35.9 Å². The number of carbonyl (C=O) groups is 1. The van der Waals surface area contributed by atoms with Crippen LogP contribution in [0.1, 0.15) is 37.7 Å². The fourth-order valence-electron chi connectivity index (χ4n) is 3.67. The van der Waals surface area contributed by atoms with Gasteiger partial charge in [0, 0.05) is 19.6 Å². The highest BCUT2D eigenvalue weighted by atomic mass is 16.2. The molecule has 2 atom stereocenters. The van der Waals surface area contributed by atoms with E-state index < -0.39 is 0 Å². The Morgan fingerprint density at radius 3 is 2.62 bits per heavy atom. The highest BCUT2D eigenvalue weighted by Gasteiger charge is 2.30. The van der Waals surface area contributed by atoms with Gasteiger partial charge in [0.15, 0.2) is 0 Å². The first-order chi connectivity index (χ1) is 10.2. The number of rotatable bonds is 4. The van der Waals surface area contributed by atoms with Gasteiger partial charge >= 0.3 is 0 Å². The van der Waals surface area contributed by atoms with Crippen molar-refractivity contribution in [2.45, 2.75) is 32.1 Å². The first-order valence-electron chi connectivity index (χ1n) is 8.30. The molecule has 0 spiro atoms. The number of hydrogen-bond acceptors (Lipinski definition) is 2. The molecule has 21 heavy (non-hydrogen) atoms. The fourth-order valence-corrected chi connectivity index (χ4v) is 3.67. The van der Waals surface area contributed by atoms with Gasteiger partial charge in [-0.05, 0) is 50.8 Å². The van der Waals surface area contributed by atoms with E-state index in [1.165, 1.54) is 38.9 Å². The molecule has 0 bridgehead atoms. The van der Waals surface area contributed by atoms with Crippen molar-refractivity contribution in [3.63, 3.8) is 0 Å². The number of carbonyl (C=O) groups excluding carboxylic acids is 1. The van der Waals surface area contributed by atoms with Crippen LogP contribution in [-0.4, -0.2) is 48.4 Å². The molecule has 1 aromatic rings. The Balaban J connectivity index is 1.54. The number of hydrogen-bond donors (Lipinski definition) is 0. The SMILES string of the molecule is C[C@@H](C(=O)N1CCC(CN2CCCC2)C1)c1ccccc1. The predicted molar refractivity (Wildman–Crippen MR) is 85.2 cm³/mol. The lowest BCUT2D eigenvalue weighted by molar-refractivity contribution is -0.131. The van der Waals surface area contributed by atoms with E-state index in [1.807, 2.05) is 25.1 Å². The molecular formula is C18H26N2O. The number of benzene rings is 1. The molecule has 1 amide bonds. The van der Waals surface area contributed by atoms with Crippen LogP contribution >= 0.6 is 0 Å². The summed E-state index contributed by atoms with van der Waals surface area (Å²) < 4.78 is 0. The molecular weight excluding hydrogens is 260 g/mol. The third-order valence-electron chi connectivity index (χ3n) is 4.98. The van der Waals surface area contributed by atoms with Crippen LogP contribution in [0.25, 0.3) is 0 Å². The van der Waals surface area contributed by atoms with Gasteiger partial charge in [-0.25, -0.2) is 0 Å². The van der Waals surface area contributed by atoms with Crippen molar-refractivity contribution in [2.24, 2.45) is 5.92 Å². The molecule has 2 saturated heterocycles. The van der Waals surface area contributed by atoms with Crippen LogP contribution in [-0.2, 0) is 4.79 Å². The maximum atomic E-state index is 12.6. The molecule has 0 N–H and O–H groups in total. The lowest BCUT2D eigenvalue weighted by atomic mass is 10.00. The Labute approximate surface area is 127 Å². The second kappa shape index (κ2) is 6.61. The second-order valence-electron chi connectivity index (χ2n) is 6.58. The second-order valence-corrected chi connectivity index (χ2v) is 6.58. The molecule has 1 aromatic carbocycles. The summed E-state index contributed by atoms with van der Waals surface area (Å²) in [7, 11) is 0. The molecule has 2 aliphatic heterocycles. The van der Waals surface area contributed by atoms with Crippen molar-refractivity contribution in [2.75, 3.05) is 32.7 Å². The molecule has 0 saturated carbocycles. The largest absolute Gasteiger partial charge is 0.342 e. The average Bonchev–Trinajstić information content (AvgIpc) is 3.19. The lowest BCUT2D eigenvalue weighted by Gasteiger charge is -2.23. The van der Waals surface area contributed by atoms with E-state index >= 15 is 0 Å². The van der Waals surface area contributed by atoms with Gasteiger partial charge in [0.1, 0.15) is 0 Å². The normalized spacial score (nSPS) is 24.4. The average molecular weight is 286 g/mol. The molecule has 1 unspecified atom stereocenters. The number of nitrogens with zero attached hydrogens (tertiary/aromatic N) is 2. The Bertz CT molecular complexity index is 467. The van der Waals surface area contributed by atoms with Crippen LogP contribution in [0.2, 0.25) is 0 Å². The van der Waals surface area contributed by atoms with E-state index in [-0.39, 0.29) is 5.92 Å². The summed E-state index contributed by atoms with van der Waals surface area (Å²) in [4.78, 5) is 17.3. The summed E-state index contributed by atoms with van der Waals surface area (Å²) in [5.41, 5.74) is 1.13. The molecule has 3 rings (SSSR count). The van der Waals surface area contributed by atoms with E-state index in [9.17, 15) is 4.79 Å². The third kappa shape index (κ3) is 3.46. The van der Waals surface area contributed by atoms with Crippen molar-refractivity contribution in [3.8, 4) is 0 Å². The standard InChI is InChI=1S/C18H26N2O/c1-15(17-7-3-2-4-8-17)18(21)20-12-9-16(14-20)13-19-10-5-6-11-19/h2-4,7-8,15-16H,5-6,9-14H2,1H3/t15-,16?/m1/s1. The van der Waals surface area contributed by atoms with Crippen LogP contribution in [0.3, 0.4) is 0 Å². The van der Waals surface area contributed by atoms with Gasteiger partial charge in [0.05, 0.1) is 5.92 Å². The molecule has 0 aliphatic carbocycles. The first-order valence-corrected chi connectivity index (χ1v) is 8.30. The molecule has 2 aliphatic rings. The van der Waals surface area contributed by atoms with E-state index in [0.29, 0.717) is 11.8 Å². The van der Waals surface area contributed by atoms with Gasteiger partial charge < -0.3 is 9.80 Å². The molecule has 3 heteroatoms. The summed E-state index contributed by atoms with van der Waals surface area (Å²) in [5, 5.41) is 0. The van der Waals surface area contributed by atoms with Crippen molar-refractivity contribution < 1.29 is 4.79 Å². The lowest BCUT2D eigenvalue weighted by Crippen LogP contribution is -2.34. The zero-order valence-electron chi connectivity index (χ0n) is 13.0. The minimum Gasteiger partial charge on any atom is -0.342 e. The van der Waals surface area contributed by atoms with Crippen molar-refractivity contribution in [1.82, 2.24) is 9.80 Å². The van der Waals surface area contributed by atoms with Crippen LogP contribution < -0.4 is 0 Å². The summed E-state index contributed by atoms with van der Waals surface area (Å²) in [6.45, 7) is 7.62. The Morgan fingerprint density at radius 1 is 1.19 bits per heavy atom. The van der Waals surface area contributed by atoms with Gasteiger partial charge in [-0.2, -0.15) is 0 Å². The highest BCUT2D eigenvalue weighted by molar-refractivity contribution is 5.83. The van der Waals surface area contributed by atoms with Crippen LogP contribution in [0.15, 0.2) is 30.3 Å². The third-order valence-corrected chi connectivity index (χ3v) is 4.98. The van der Waals surface area contributed by atoms with Gasteiger partial charge in [-0.1, -0.05) is 30.3 Å². The van der Waals surface area contributed by atoms with E-state index in [4.69, 9.17) is 0 Å². The Morgan fingerprint density at radius 2 is 1.90 bits per heavy atom. The number of likely N-dealkylation sites (tertiary alicyclic amines) is 2. The fraction of sp³-hybridized carbons (Fsp3) is 0.611. The maximum Gasteiger partial charge on any atom is 0.229 e. The minimum atomic E-state index is -0.0169. The Hall–Kier alpha value is -1.35. The van der Waals surface area contributed by atoms with E-state index in [1.54, 1.807) is 0 Å².